The molecular formula is C30H53N11O. The van der Waals surface area contributed by atoms with Gasteiger partial charge in [0.1, 0.15) is 6.23 Å². The first kappa shape index (κ1) is 28.3. The molecule has 6 N–H and O–H groups in total. The molecule has 8 rings (SSSR count). The summed E-state index contributed by atoms with van der Waals surface area (Å²) in [5.41, 5.74) is 11.0. The average Bonchev–Trinajstić information content (AvgIpc) is 3.61. The first-order valence-electron chi connectivity index (χ1n) is 16.5. The predicted molar refractivity (Wildman–Crippen MR) is 162 cm³/mol. The predicted octanol–water partition coefficient (Wildman–Crippen LogP) is -1.04. The van der Waals surface area contributed by atoms with Gasteiger partial charge in [-0.3, -0.25) is 21.0 Å². The van der Waals surface area contributed by atoms with Crippen molar-refractivity contribution in [1.29, 1.82) is 0 Å². The lowest BCUT2D eigenvalue weighted by molar-refractivity contribution is -0.108. The van der Waals surface area contributed by atoms with Crippen molar-refractivity contribution in [3.8, 4) is 0 Å². The van der Waals surface area contributed by atoms with Gasteiger partial charge in [0.25, 0.3) is 0 Å². The molecule has 7 aliphatic rings. The van der Waals surface area contributed by atoms with E-state index in [2.05, 4.69) is 96.7 Å². The van der Waals surface area contributed by atoms with Gasteiger partial charge in [-0.25, -0.2) is 15.4 Å². The van der Waals surface area contributed by atoms with Gasteiger partial charge < -0.3 is 24.8 Å². The lowest BCUT2D eigenvalue weighted by Crippen LogP contribution is -2.70. The largest absolute Gasteiger partial charge is 0.361 e. The molecule has 7 saturated heterocycles. The second-order valence-corrected chi connectivity index (χ2v) is 14.7. The fourth-order valence-corrected chi connectivity index (χ4v) is 9.51. The van der Waals surface area contributed by atoms with Gasteiger partial charge in [-0.15, -0.1) is 0 Å². The lowest BCUT2D eigenvalue weighted by atomic mass is 9.73. The standard InChI is InChI=1S/C30H53N11O/c1-19-8-10-42-29-22(13-33-39(29)4)28-31-9-7-25(35-28)34-26-11-24-21(12-32-26)27(36-41(19)24)23-6-5-20(38(23)3)14-40-17-30(18-40)15-37(2)16-30/h5-6,19,21-22,24-29,31-36H,7-18H2,1-4H3/t19-,21?,22?,24?,25?,26?,27?,28?,29?/m0/s1. The van der Waals surface area contributed by atoms with Crippen LogP contribution in [0.5, 0.6) is 0 Å². The van der Waals surface area contributed by atoms with Crippen molar-refractivity contribution in [2.45, 2.75) is 75.6 Å². The topological polar surface area (TPSA) is 99.3 Å². The number of ether oxygens (including phenoxy) is 1. The highest BCUT2D eigenvalue weighted by Gasteiger charge is 2.51. The van der Waals surface area contributed by atoms with Crippen LogP contribution >= 0.6 is 0 Å². The molecule has 0 aliphatic carbocycles. The van der Waals surface area contributed by atoms with Crippen LogP contribution in [-0.4, -0.2) is 128 Å². The average molecular weight is 584 g/mol. The van der Waals surface area contributed by atoms with Gasteiger partial charge in [0.2, 0.25) is 0 Å². The first-order valence-corrected chi connectivity index (χ1v) is 16.5. The lowest BCUT2D eigenvalue weighted by Gasteiger charge is -2.59. The Balaban J connectivity index is 0.994. The third kappa shape index (κ3) is 4.96. The summed E-state index contributed by atoms with van der Waals surface area (Å²) in [5, 5.41) is 20.3. The maximum atomic E-state index is 6.60. The van der Waals surface area contributed by atoms with E-state index in [-0.39, 0.29) is 18.6 Å². The number of hydrazine groups is 2. The smallest absolute Gasteiger partial charge is 0.129 e. The van der Waals surface area contributed by atoms with E-state index in [0.29, 0.717) is 41.5 Å². The van der Waals surface area contributed by atoms with E-state index in [1.165, 1.54) is 37.6 Å². The molecule has 0 radical (unpaired) electrons. The van der Waals surface area contributed by atoms with E-state index < -0.39 is 0 Å². The van der Waals surface area contributed by atoms with Crippen molar-refractivity contribution in [1.82, 2.24) is 56.5 Å². The minimum absolute atomic E-state index is 0.0572. The monoisotopic (exact) mass is 583 g/mol. The number of likely N-dealkylation sites (tertiary alicyclic amines) is 2. The number of piperidine rings is 1. The summed E-state index contributed by atoms with van der Waals surface area (Å²) in [4.78, 5) is 5.09. The van der Waals surface area contributed by atoms with Crippen molar-refractivity contribution < 1.29 is 4.74 Å². The zero-order valence-corrected chi connectivity index (χ0v) is 26.0. The minimum Gasteiger partial charge on any atom is -0.361 e. The van der Waals surface area contributed by atoms with E-state index in [1.807, 2.05) is 0 Å². The quantitative estimate of drug-likeness (QED) is 0.264. The highest BCUT2D eigenvalue weighted by Crippen LogP contribution is 2.41. The highest BCUT2D eigenvalue weighted by atomic mass is 16.5. The second-order valence-electron chi connectivity index (χ2n) is 14.7. The Kier molecular flexibility index (Phi) is 7.43. The van der Waals surface area contributed by atoms with E-state index >= 15 is 0 Å². The normalized spacial score (nSPS) is 43.1. The number of fused-ring (bicyclic) bond motifs is 5. The minimum atomic E-state index is 0.0572. The first-order chi connectivity index (χ1) is 20.4. The number of aromatic nitrogens is 1. The number of nitrogens with one attached hydrogen (secondary N) is 6. The maximum Gasteiger partial charge on any atom is 0.129 e. The molecule has 4 bridgehead atoms. The van der Waals surface area contributed by atoms with Gasteiger partial charge in [-0.05, 0) is 51.9 Å². The summed E-state index contributed by atoms with van der Waals surface area (Å²) in [7, 11) is 6.64. The van der Waals surface area contributed by atoms with Gasteiger partial charge in [-0.1, -0.05) is 0 Å². The van der Waals surface area contributed by atoms with Gasteiger partial charge in [0, 0.05) is 101 Å². The van der Waals surface area contributed by atoms with Gasteiger partial charge in [-0.2, -0.15) is 0 Å². The number of nitrogens with zero attached hydrogens (tertiary/aromatic N) is 5. The summed E-state index contributed by atoms with van der Waals surface area (Å²) in [6.07, 6.45) is 4.04. The fraction of sp³-hybridized carbons (Fsp3) is 0.867. The third-order valence-corrected chi connectivity index (χ3v) is 11.6. The number of hydrogen-bond donors (Lipinski definition) is 6. The molecule has 7 aliphatic heterocycles. The Labute approximate surface area is 251 Å². The van der Waals surface area contributed by atoms with Crippen LogP contribution in [0.4, 0.5) is 0 Å². The van der Waals surface area contributed by atoms with Crippen LogP contribution < -0.4 is 32.1 Å². The molecule has 1 aromatic heterocycles. The van der Waals surface area contributed by atoms with Crippen LogP contribution in [0.25, 0.3) is 0 Å². The molecule has 8 heterocycles. The molecule has 1 spiro atoms. The Morgan fingerprint density at radius 3 is 2.64 bits per heavy atom. The van der Waals surface area contributed by atoms with Crippen LogP contribution in [0.3, 0.4) is 0 Å². The van der Waals surface area contributed by atoms with E-state index in [0.717, 1.165) is 52.0 Å². The molecule has 42 heavy (non-hydrogen) atoms. The third-order valence-electron chi connectivity index (χ3n) is 11.6. The highest BCUT2D eigenvalue weighted by molar-refractivity contribution is 5.23. The molecular weight excluding hydrogens is 530 g/mol. The molecule has 12 nitrogen and oxygen atoms in total. The molecule has 234 valence electrons. The summed E-state index contributed by atoms with van der Waals surface area (Å²) in [6.45, 7) is 12.2. The number of hydrogen-bond acceptors (Lipinski definition) is 11. The van der Waals surface area contributed by atoms with Gasteiger partial charge in [0.15, 0.2) is 0 Å². The molecule has 0 aromatic carbocycles. The van der Waals surface area contributed by atoms with Crippen LogP contribution in [0.15, 0.2) is 12.1 Å². The SMILES string of the molecule is C[C@H]1CCOC2C(CNN2C)C2NCCC(NC3CC4C(CN3)C(c3ccc(CN5CC6(CN(C)C6)C5)n3C)NN41)N2. The summed E-state index contributed by atoms with van der Waals surface area (Å²) in [5.74, 6) is 0.869. The van der Waals surface area contributed by atoms with Crippen molar-refractivity contribution in [2.75, 3.05) is 66.5 Å². The molecule has 12 heteroatoms. The zero-order chi connectivity index (χ0) is 28.6. The van der Waals surface area contributed by atoms with E-state index in [4.69, 9.17) is 4.74 Å². The van der Waals surface area contributed by atoms with E-state index in [1.54, 1.807) is 0 Å². The van der Waals surface area contributed by atoms with Crippen LogP contribution in [0.1, 0.15) is 43.6 Å². The number of rotatable bonds is 3. The van der Waals surface area contributed by atoms with Gasteiger partial charge in [0.05, 0.1) is 31.1 Å². The van der Waals surface area contributed by atoms with Gasteiger partial charge >= 0.3 is 0 Å². The van der Waals surface area contributed by atoms with Crippen molar-refractivity contribution >= 4 is 0 Å². The summed E-state index contributed by atoms with van der Waals surface area (Å²) >= 11 is 0. The fourth-order valence-electron chi connectivity index (χ4n) is 9.51. The van der Waals surface area contributed by atoms with Crippen molar-refractivity contribution in [3.63, 3.8) is 0 Å². The second kappa shape index (κ2) is 11.0. The molecule has 1 aromatic rings. The van der Waals surface area contributed by atoms with Crippen LogP contribution in [0.2, 0.25) is 0 Å². The molecule has 0 amide bonds. The molecule has 7 fully saturated rings. The molecule has 9 atom stereocenters. The van der Waals surface area contributed by atoms with Crippen molar-refractivity contribution in [2.24, 2.45) is 24.3 Å². The maximum absolute atomic E-state index is 6.60. The molecule has 8 unspecified atom stereocenters. The Bertz CT molecular complexity index is 1120. The van der Waals surface area contributed by atoms with E-state index in [9.17, 15) is 0 Å². The molecule has 0 saturated carbocycles. The summed E-state index contributed by atoms with van der Waals surface area (Å²) < 4.78 is 9.08. The Hall–Kier alpha value is -1.16. The zero-order valence-electron chi connectivity index (χ0n) is 26.0. The Morgan fingerprint density at radius 1 is 0.952 bits per heavy atom. The summed E-state index contributed by atoms with van der Waals surface area (Å²) in [6, 6.07) is 5.93. The Morgan fingerprint density at radius 2 is 1.81 bits per heavy atom. The van der Waals surface area contributed by atoms with Crippen LogP contribution in [-0.2, 0) is 18.3 Å². The van der Waals surface area contributed by atoms with Crippen molar-refractivity contribution in [3.05, 3.63) is 23.5 Å². The van der Waals surface area contributed by atoms with Crippen LogP contribution in [0, 0.1) is 17.3 Å².